The van der Waals surface area contributed by atoms with E-state index in [1.165, 1.54) is 13.2 Å². The number of halogens is 1. The average molecular weight is 570 g/mol. The van der Waals surface area contributed by atoms with E-state index in [2.05, 4.69) is 15.9 Å². The summed E-state index contributed by atoms with van der Waals surface area (Å²) in [7, 11) is 1.41. The molecular formula is C27H24BrNO8. The van der Waals surface area contributed by atoms with Crippen molar-refractivity contribution in [3.8, 4) is 11.5 Å². The zero-order chi connectivity index (χ0) is 26.6. The molecule has 2 N–H and O–H groups in total. The number of fused-ring (bicyclic) bond motifs is 3. The van der Waals surface area contributed by atoms with Gasteiger partial charge in [0.15, 0.2) is 23.1 Å². The molecule has 10 heteroatoms. The van der Waals surface area contributed by atoms with E-state index in [-0.39, 0.29) is 76.8 Å². The number of carbonyl (C=O) groups excluding carboxylic acids is 4. The highest BCUT2D eigenvalue weighted by molar-refractivity contribution is 9.12. The van der Waals surface area contributed by atoms with E-state index in [9.17, 15) is 29.1 Å². The van der Waals surface area contributed by atoms with Crippen LogP contribution in [0.2, 0.25) is 0 Å². The van der Waals surface area contributed by atoms with Crippen LogP contribution in [0.5, 0.6) is 11.5 Å². The number of imide groups is 1. The number of amides is 2. The Morgan fingerprint density at radius 3 is 2.62 bits per heavy atom. The smallest absolute Gasteiger partial charge is 0.303 e. The number of ketones is 2. The lowest BCUT2D eigenvalue weighted by molar-refractivity contribution is -0.142. The fraction of sp³-hybridized carbons (Fsp3) is 0.370. The zero-order valence-electron chi connectivity index (χ0n) is 19.9. The molecule has 1 aromatic rings. The molecule has 0 aromatic heterocycles. The number of aliphatic carboxylic acids is 1. The monoisotopic (exact) mass is 569 g/mol. The largest absolute Gasteiger partial charge is 0.504 e. The van der Waals surface area contributed by atoms with Crippen molar-refractivity contribution in [2.45, 2.75) is 31.6 Å². The first-order valence-electron chi connectivity index (χ1n) is 12.0. The van der Waals surface area contributed by atoms with Crippen molar-refractivity contribution in [3.63, 3.8) is 0 Å². The number of rotatable bonds is 6. The number of para-hydroxylation sites is 1. The molecule has 0 bridgehead atoms. The van der Waals surface area contributed by atoms with E-state index in [1.54, 1.807) is 18.2 Å². The van der Waals surface area contributed by atoms with Crippen molar-refractivity contribution in [2.75, 3.05) is 13.7 Å². The van der Waals surface area contributed by atoms with Gasteiger partial charge in [0.05, 0.1) is 23.4 Å². The Bertz CT molecular complexity index is 1360. The molecule has 5 rings (SSSR count). The number of carbonyl (C=O) groups is 5. The number of aromatic hydroxyl groups is 1. The normalized spacial score (nSPS) is 26.9. The lowest BCUT2D eigenvalue weighted by Crippen LogP contribution is -2.39. The number of nitrogens with zero attached hydrogens (tertiary/aromatic N) is 1. The van der Waals surface area contributed by atoms with Gasteiger partial charge in [0.1, 0.15) is 0 Å². The summed E-state index contributed by atoms with van der Waals surface area (Å²) < 4.78 is 5.40. The van der Waals surface area contributed by atoms with Crippen LogP contribution in [-0.4, -0.2) is 58.1 Å². The Labute approximate surface area is 220 Å². The fourth-order valence-corrected chi connectivity index (χ4v) is 6.62. The van der Waals surface area contributed by atoms with Crippen LogP contribution in [0.15, 0.2) is 51.6 Å². The van der Waals surface area contributed by atoms with Gasteiger partial charge in [-0.05, 0) is 47.2 Å². The molecule has 9 nitrogen and oxygen atoms in total. The molecule has 4 aliphatic rings. The number of carboxylic acid groups (broad SMARTS) is 1. The number of phenols is 1. The number of benzene rings is 1. The molecule has 4 atom stereocenters. The van der Waals surface area contributed by atoms with Crippen LogP contribution in [-0.2, 0) is 24.0 Å². The first-order chi connectivity index (χ1) is 17.6. The van der Waals surface area contributed by atoms with Crippen molar-refractivity contribution in [1.29, 1.82) is 0 Å². The summed E-state index contributed by atoms with van der Waals surface area (Å²) in [5.74, 6) is -5.12. The fourth-order valence-electron chi connectivity index (χ4n) is 6.17. The molecule has 0 spiro atoms. The summed E-state index contributed by atoms with van der Waals surface area (Å²) in [6.07, 6.45) is 3.45. The number of ether oxygens (including phenoxy) is 1. The second kappa shape index (κ2) is 9.41. The molecule has 192 valence electrons. The van der Waals surface area contributed by atoms with E-state index in [4.69, 9.17) is 9.84 Å². The standard InChI is InChI=1S/C27H24BrNO8/c1-37-19-5-2-4-13(25(19)34)21-12-7-8-14-22(27(36)29(26(14)35)9-3-6-20(31)32)15(12)10-16-23(21)18(30)11-17(28)24(16)33/h2,4-5,7,11,14-15,21-22,34H,3,6,8-10H2,1H3,(H,31,32). The Morgan fingerprint density at radius 1 is 1.16 bits per heavy atom. The molecule has 1 aromatic carbocycles. The van der Waals surface area contributed by atoms with E-state index >= 15 is 0 Å². The van der Waals surface area contributed by atoms with Crippen LogP contribution in [0.4, 0.5) is 0 Å². The number of Topliss-reactive ketones (excluding diaryl/α,β-unsaturated/α-hetero) is 1. The van der Waals surface area contributed by atoms with Crippen LogP contribution in [0.3, 0.4) is 0 Å². The molecule has 4 unspecified atom stereocenters. The van der Waals surface area contributed by atoms with Crippen LogP contribution in [0, 0.1) is 17.8 Å². The number of hydrogen-bond acceptors (Lipinski definition) is 7. The Hall–Kier alpha value is -3.53. The SMILES string of the molecule is COc1cccc(C2C3=CCC4C(=O)N(CCCC(=O)O)C(=O)C4C3CC3=C2C(=O)C=C(Br)C3=O)c1O. The van der Waals surface area contributed by atoms with Crippen LogP contribution >= 0.6 is 15.9 Å². The van der Waals surface area contributed by atoms with Crippen molar-refractivity contribution in [3.05, 3.63) is 57.1 Å². The summed E-state index contributed by atoms with van der Waals surface area (Å²) in [5, 5.41) is 20.0. The number of phenolic OH excluding ortho intramolecular Hbond substituents is 1. The molecule has 2 amide bonds. The Balaban J connectivity index is 1.61. The molecule has 1 heterocycles. The summed E-state index contributed by atoms with van der Waals surface area (Å²) in [6, 6.07) is 4.92. The molecule has 0 radical (unpaired) electrons. The van der Waals surface area contributed by atoms with Gasteiger partial charge >= 0.3 is 5.97 Å². The highest BCUT2D eigenvalue weighted by Gasteiger charge is 2.56. The van der Waals surface area contributed by atoms with Crippen LogP contribution in [0.1, 0.15) is 37.2 Å². The number of allylic oxidation sites excluding steroid dienone is 6. The molecule has 1 aliphatic heterocycles. The van der Waals surface area contributed by atoms with Crippen molar-refractivity contribution >= 4 is 45.3 Å². The van der Waals surface area contributed by atoms with Gasteiger partial charge in [0.2, 0.25) is 11.8 Å². The van der Waals surface area contributed by atoms with Gasteiger partial charge in [0.25, 0.3) is 0 Å². The van der Waals surface area contributed by atoms with Gasteiger partial charge in [-0.2, -0.15) is 0 Å². The second-order valence-corrected chi connectivity index (χ2v) is 10.5. The minimum Gasteiger partial charge on any atom is -0.504 e. The quantitative estimate of drug-likeness (QED) is 0.303. The number of hydrogen-bond donors (Lipinski definition) is 2. The van der Waals surface area contributed by atoms with Crippen LogP contribution in [0.25, 0.3) is 0 Å². The predicted molar refractivity (Wildman–Crippen MR) is 133 cm³/mol. The van der Waals surface area contributed by atoms with Crippen molar-refractivity contribution in [2.24, 2.45) is 17.8 Å². The molecule has 37 heavy (non-hydrogen) atoms. The third-order valence-electron chi connectivity index (χ3n) is 7.76. The molecule has 3 aliphatic carbocycles. The second-order valence-electron chi connectivity index (χ2n) is 9.62. The molecular weight excluding hydrogens is 546 g/mol. The Kier molecular flexibility index (Phi) is 6.39. The van der Waals surface area contributed by atoms with Gasteiger partial charge < -0.3 is 14.9 Å². The lowest BCUT2D eigenvalue weighted by Gasteiger charge is -2.42. The predicted octanol–water partition coefficient (Wildman–Crippen LogP) is 3.03. The topological polar surface area (TPSA) is 138 Å². The van der Waals surface area contributed by atoms with E-state index in [1.807, 2.05) is 6.08 Å². The van der Waals surface area contributed by atoms with Gasteiger partial charge in [-0.15, -0.1) is 0 Å². The molecule has 0 saturated carbocycles. The first kappa shape index (κ1) is 25.1. The van der Waals surface area contributed by atoms with E-state index < -0.39 is 35.5 Å². The molecule has 1 saturated heterocycles. The average Bonchev–Trinajstić information content (AvgIpc) is 3.11. The number of methoxy groups -OCH3 is 1. The third kappa shape index (κ3) is 3.94. The van der Waals surface area contributed by atoms with Gasteiger partial charge in [-0.1, -0.05) is 23.8 Å². The van der Waals surface area contributed by atoms with Crippen LogP contribution < -0.4 is 4.74 Å². The van der Waals surface area contributed by atoms with Gasteiger partial charge in [-0.3, -0.25) is 28.9 Å². The lowest BCUT2D eigenvalue weighted by atomic mass is 9.59. The van der Waals surface area contributed by atoms with Gasteiger partial charge in [0, 0.05) is 41.7 Å². The van der Waals surface area contributed by atoms with Crippen molar-refractivity contribution < 1.29 is 38.9 Å². The maximum absolute atomic E-state index is 13.5. The zero-order valence-corrected chi connectivity index (χ0v) is 21.5. The third-order valence-corrected chi connectivity index (χ3v) is 8.35. The summed E-state index contributed by atoms with van der Waals surface area (Å²) in [5.41, 5.74) is 1.61. The number of likely N-dealkylation sites (tertiary alicyclic amines) is 1. The Morgan fingerprint density at radius 2 is 1.92 bits per heavy atom. The van der Waals surface area contributed by atoms with E-state index in [0.717, 1.165) is 4.90 Å². The summed E-state index contributed by atoms with van der Waals surface area (Å²) >= 11 is 3.18. The molecule has 1 fully saturated rings. The maximum Gasteiger partial charge on any atom is 0.303 e. The highest BCUT2D eigenvalue weighted by atomic mass is 79.9. The minimum absolute atomic E-state index is 0.0127. The summed E-state index contributed by atoms with van der Waals surface area (Å²) in [6.45, 7) is 0.0127. The highest BCUT2D eigenvalue weighted by Crippen LogP contribution is 2.56. The van der Waals surface area contributed by atoms with Crippen molar-refractivity contribution in [1.82, 2.24) is 4.90 Å². The summed E-state index contributed by atoms with van der Waals surface area (Å²) in [4.78, 5) is 65.2. The first-order valence-corrected chi connectivity index (χ1v) is 12.8. The van der Waals surface area contributed by atoms with E-state index in [0.29, 0.717) is 11.1 Å². The maximum atomic E-state index is 13.5. The van der Waals surface area contributed by atoms with Gasteiger partial charge in [-0.25, -0.2) is 0 Å². The number of carboxylic acids is 1. The minimum atomic E-state index is -1.01.